The Kier molecular flexibility index (Phi) is 3.68. The second kappa shape index (κ2) is 5.29. The van der Waals surface area contributed by atoms with Crippen molar-refractivity contribution in [1.82, 2.24) is 0 Å². The highest BCUT2D eigenvalue weighted by Gasteiger charge is 2.21. The summed E-state index contributed by atoms with van der Waals surface area (Å²) < 4.78 is 26.3. The molecule has 0 saturated heterocycles. The van der Waals surface area contributed by atoms with Gasteiger partial charge in [-0.2, -0.15) is 0 Å². The van der Waals surface area contributed by atoms with Gasteiger partial charge in [-0.25, -0.2) is 8.42 Å². The maximum atomic E-state index is 12.1. The standard InChI is InChI=1S/C12H10N2O6S/c15-11-4-2-1-3-9(11)13-21(19,20)8-5-6-12(16)10(7-8)14(17)18/h1-7,13,15-16H. The number of nitro groups is 1. The van der Waals surface area contributed by atoms with Crippen LogP contribution in [0.4, 0.5) is 11.4 Å². The average Bonchev–Trinajstić information content (AvgIpc) is 2.41. The van der Waals surface area contributed by atoms with Crippen LogP contribution in [-0.4, -0.2) is 23.6 Å². The van der Waals surface area contributed by atoms with Crippen LogP contribution in [0.15, 0.2) is 47.4 Å². The van der Waals surface area contributed by atoms with Crippen molar-refractivity contribution in [3.8, 4) is 11.5 Å². The molecule has 0 aliphatic heterocycles. The van der Waals surface area contributed by atoms with Gasteiger partial charge in [-0.05, 0) is 24.3 Å². The fourth-order valence-corrected chi connectivity index (χ4v) is 2.67. The minimum atomic E-state index is -4.13. The summed E-state index contributed by atoms with van der Waals surface area (Å²) in [5.41, 5.74) is -0.789. The van der Waals surface area contributed by atoms with E-state index >= 15 is 0 Å². The van der Waals surface area contributed by atoms with Gasteiger partial charge in [-0.3, -0.25) is 14.8 Å². The van der Waals surface area contributed by atoms with Crippen molar-refractivity contribution in [3.63, 3.8) is 0 Å². The highest BCUT2D eigenvalue weighted by molar-refractivity contribution is 7.92. The van der Waals surface area contributed by atoms with Gasteiger partial charge < -0.3 is 10.2 Å². The molecule has 0 fully saturated rings. The van der Waals surface area contributed by atoms with Gasteiger partial charge in [0, 0.05) is 6.07 Å². The number of anilines is 1. The first-order valence-corrected chi connectivity index (χ1v) is 7.08. The highest BCUT2D eigenvalue weighted by atomic mass is 32.2. The van der Waals surface area contributed by atoms with Crippen molar-refractivity contribution >= 4 is 21.4 Å². The topological polar surface area (TPSA) is 130 Å². The number of nitrogens with zero attached hydrogens (tertiary/aromatic N) is 1. The molecule has 8 nitrogen and oxygen atoms in total. The van der Waals surface area contributed by atoms with E-state index in [9.17, 15) is 28.7 Å². The van der Waals surface area contributed by atoms with E-state index in [2.05, 4.69) is 4.72 Å². The van der Waals surface area contributed by atoms with E-state index in [0.717, 1.165) is 18.2 Å². The van der Waals surface area contributed by atoms with Crippen molar-refractivity contribution in [2.45, 2.75) is 4.90 Å². The molecule has 0 bridgehead atoms. The summed E-state index contributed by atoms with van der Waals surface area (Å²) in [6.07, 6.45) is 0. The number of hydrogen-bond donors (Lipinski definition) is 3. The largest absolute Gasteiger partial charge is 0.506 e. The predicted molar refractivity (Wildman–Crippen MR) is 73.7 cm³/mol. The minimum absolute atomic E-state index is 0.0618. The number of nitro benzene ring substituents is 1. The van der Waals surface area contributed by atoms with Gasteiger partial charge in [-0.15, -0.1) is 0 Å². The van der Waals surface area contributed by atoms with Crippen LogP contribution in [0.3, 0.4) is 0 Å². The Bertz CT molecular complexity index is 803. The summed E-state index contributed by atoms with van der Waals surface area (Å²) in [7, 11) is -4.13. The van der Waals surface area contributed by atoms with Crippen LogP contribution >= 0.6 is 0 Å². The Labute approximate surface area is 119 Å². The zero-order valence-electron chi connectivity index (χ0n) is 10.4. The minimum Gasteiger partial charge on any atom is -0.506 e. The Balaban J connectivity index is 2.43. The molecular weight excluding hydrogens is 300 g/mol. The Hall–Kier alpha value is -2.81. The third-order valence-electron chi connectivity index (χ3n) is 2.60. The first-order chi connectivity index (χ1) is 9.81. The van der Waals surface area contributed by atoms with E-state index < -0.39 is 31.3 Å². The van der Waals surface area contributed by atoms with Crippen LogP contribution < -0.4 is 4.72 Å². The number of phenolic OH excluding ortho intramolecular Hbond substituents is 2. The molecule has 0 aliphatic rings. The number of phenols is 2. The van der Waals surface area contributed by atoms with Gasteiger partial charge in [0.15, 0.2) is 5.75 Å². The number of hydrogen-bond acceptors (Lipinski definition) is 6. The second-order valence-corrected chi connectivity index (χ2v) is 5.71. The molecule has 9 heteroatoms. The summed E-state index contributed by atoms with van der Waals surface area (Å²) in [6, 6.07) is 8.31. The molecule has 0 aliphatic carbocycles. The third kappa shape index (κ3) is 3.03. The predicted octanol–water partition coefficient (Wildman–Crippen LogP) is 1.81. The molecule has 0 aromatic heterocycles. The number of nitrogens with one attached hydrogen (secondary N) is 1. The number of aromatic hydroxyl groups is 2. The summed E-state index contributed by atoms with van der Waals surface area (Å²) >= 11 is 0. The molecule has 0 spiro atoms. The molecule has 0 unspecified atom stereocenters. The molecule has 2 aromatic carbocycles. The fraction of sp³-hybridized carbons (Fsp3) is 0. The van der Waals surface area contributed by atoms with Gasteiger partial charge in [0.25, 0.3) is 10.0 Å². The van der Waals surface area contributed by atoms with E-state index in [1.54, 1.807) is 0 Å². The van der Waals surface area contributed by atoms with Crippen LogP contribution in [0.5, 0.6) is 11.5 Å². The van der Waals surface area contributed by atoms with E-state index in [1.807, 2.05) is 0 Å². The van der Waals surface area contributed by atoms with E-state index in [-0.39, 0.29) is 11.4 Å². The number of para-hydroxylation sites is 2. The molecular formula is C12H10N2O6S. The van der Waals surface area contributed by atoms with Crippen LogP contribution in [0.2, 0.25) is 0 Å². The Morgan fingerprint density at radius 1 is 1.05 bits per heavy atom. The van der Waals surface area contributed by atoms with Crippen molar-refractivity contribution in [3.05, 3.63) is 52.6 Å². The fourth-order valence-electron chi connectivity index (χ4n) is 1.58. The lowest BCUT2D eigenvalue weighted by Gasteiger charge is -2.09. The Morgan fingerprint density at radius 2 is 1.71 bits per heavy atom. The SMILES string of the molecule is O=[N+]([O-])c1cc(S(=O)(=O)Nc2ccccc2O)ccc1O. The van der Waals surface area contributed by atoms with Gasteiger partial charge in [0.05, 0.1) is 15.5 Å². The number of sulfonamides is 1. The zero-order chi connectivity index (χ0) is 15.6. The van der Waals surface area contributed by atoms with E-state index in [1.165, 1.54) is 24.3 Å². The maximum absolute atomic E-state index is 12.1. The summed E-state index contributed by atoms with van der Waals surface area (Å²) in [4.78, 5) is 9.40. The third-order valence-corrected chi connectivity index (χ3v) is 3.97. The van der Waals surface area contributed by atoms with E-state index in [4.69, 9.17) is 0 Å². The summed E-state index contributed by atoms with van der Waals surface area (Å²) in [5.74, 6) is -0.920. The maximum Gasteiger partial charge on any atom is 0.312 e. The molecule has 110 valence electrons. The van der Waals surface area contributed by atoms with Gasteiger partial charge in [0.2, 0.25) is 0 Å². The van der Waals surface area contributed by atoms with Crippen LogP contribution in [0.25, 0.3) is 0 Å². The van der Waals surface area contributed by atoms with Crippen LogP contribution in [0.1, 0.15) is 0 Å². The van der Waals surface area contributed by atoms with Gasteiger partial charge >= 0.3 is 5.69 Å². The molecule has 0 radical (unpaired) electrons. The zero-order valence-corrected chi connectivity index (χ0v) is 11.2. The quantitative estimate of drug-likeness (QED) is 0.448. The number of benzene rings is 2. The van der Waals surface area contributed by atoms with Crippen molar-refractivity contribution < 1.29 is 23.6 Å². The van der Waals surface area contributed by atoms with Gasteiger partial charge in [0.1, 0.15) is 5.75 Å². The normalized spacial score (nSPS) is 11.0. The van der Waals surface area contributed by atoms with E-state index in [0.29, 0.717) is 0 Å². The molecule has 2 rings (SSSR count). The molecule has 2 aromatic rings. The lowest BCUT2D eigenvalue weighted by Crippen LogP contribution is -2.13. The lowest BCUT2D eigenvalue weighted by atomic mass is 10.3. The van der Waals surface area contributed by atoms with Crippen molar-refractivity contribution in [2.24, 2.45) is 0 Å². The molecule has 21 heavy (non-hydrogen) atoms. The van der Waals surface area contributed by atoms with Crippen molar-refractivity contribution in [2.75, 3.05) is 4.72 Å². The first-order valence-electron chi connectivity index (χ1n) is 5.59. The monoisotopic (exact) mass is 310 g/mol. The molecule has 0 heterocycles. The van der Waals surface area contributed by atoms with Crippen LogP contribution in [0, 0.1) is 10.1 Å². The van der Waals surface area contributed by atoms with Crippen LogP contribution in [-0.2, 0) is 10.0 Å². The number of rotatable bonds is 4. The highest BCUT2D eigenvalue weighted by Crippen LogP contribution is 2.30. The average molecular weight is 310 g/mol. The smallest absolute Gasteiger partial charge is 0.312 e. The molecule has 0 atom stereocenters. The van der Waals surface area contributed by atoms with Gasteiger partial charge in [-0.1, -0.05) is 12.1 Å². The first kappa shape index (κ1) is 14.6. The Morgan fingerprint density at radius 3 is 2.33 bits per heavy atom. The van der Waals surface area contributed by atoms with Crippen molar-refractivity contribution in [1.29, 1.82) is 0 Å². The lowest BCUT2D eigenvalue weighted by molar-refractivity contribution is -0.386. The molecule has 0 amide bonds. The second-order valence-electron chi connectivity index (χ2n) is 4.03. The summed E-state index contributed by atoms with van der Waals surface area (Å²) in [6.45, 7) is 0. The molecule has 3 N–H and O–H groups in total. The summed E-state index contributed by atoms with van der Waals surface area (Å²) in [5, 5.41) is 29.5. The molecule has 0 saturated carbocycles.